The molecule has 3 fully saturated rings. The molecule has 0 radical (unpaired) electrons. The molecule has 0 bridgehead atoms. The molecular weight excluding hydrogens is 454 g/mol. The third kappa shape index (κ3) is 4.94. The van der Waals surface area contributed by atoms with E-state index in [-0.39, 0.29) is 6.03 Å². The molecule has 6 rings (SSSR count). The normalized spacial score (nSPS) is 22.6. The number of carbonyl (C=O) groups excluding carboxylic acids is 1. The molecule has 4 aliphatic heterocycles. The Labute approximate surface area is 213 Å². The maximum Gasteiger partial charge on any atom is 0.320 e. The van der Waals surface area contributed by atoms with Gasteiger partial charge in [-0.1, -0.05) is 24.3 Å². The molecule has 0 aliphatic carbocycles. The van der Waals surface area contributed by atoms with Crippen LogP contribution in [0.5, 0.6) is 0 Å². The van der Waals surface area contributed by atoms with Crippen LogP contribution < -0.4 is 4.90 Å². The lowest BCUT2D eigenvalue weighted by Gasteiger charge is -2.47. The number of amides is 2. The predicted octanol–water partition coefficient (Wildman–Crippen LogP) is 2.36. The highest BCUT2D eigenvalue weighted by molar-refractivity contribution is 5.76. The predicted molar refractivity (Wildman–Crippen MR) is 138 cm³/mol. The Bertz CT molecular complexity index is 1060. The number of rotatable bonds is 7. The van der Waals surface area contributed by atoms with E-state index in [4.69, 9.17) is 4.74 Å². The molecule has 1 atom stereocenters. The Balaban J connectivity index is 0.969. The van der Waals surface area contributed by atoms with E-state index in [1.165, 1.54) is 24.0 Å². The molecule has 4 aliphatic rings. The van der Waals surface area contributed by atoms with Gasteiger partial charge in [0.1, 0.15) is 0 Å². The Morgan fingerprint density at radius 2 is 1.72 bits per heavy atom. The van der Waals surface area contributed by atoms with E-state index in [1.54, 1.807) is 4.90 Å². The van der Waals surface area contributed by atoms with Crippen molar-refractivity contribution in [2.75, 3.05) is 63.9 Å². The fraction of sp³-hybridized carbons (Fsp3) is 0.571. The van der Waals surface area contributed by atoms with Crippen molar-refractivity contribution in [1.82, 2.24) is 19.7 Å². The first-order chi connectivity index (χ1) is 17.6. The van der Waals surface area contributed by atoms with Crippen molar-refractivity contribution in [3.05, 3.63) is 59.4 Å². The first-order valence-corrected chi connectivity index (χ1v) is 13.4. The molecule has 2 aromatic rings. The van der Waals surface area contributed by atoms with Gasteiger partial charge in [-0.25, -0.2) is 4.79 Å². The van der Waals surface area contributed by atoms with Crippen LogP contribution in [0.15, 0.2) is 42.6 Å². The number of aliphatic hydroxyl groups is 1. The third-order valence-corrected chi connectivity index (χ3v) is 8.46. The average Bonchev–Trinajstić information content (AvgIpc) is 3.22. The van der Waals surface area contributed by atoms with Crippen LogP contribution in [0.25, 0.3) is 0 Å². The maximum atomic E-state index is 13.0. The molecule has 1 spiro atoms. The zero-order valence-corrected chi connectivity index (χ0v) is 21.0. The van der Waals surface area contributed by atoms with E-state index in [0.29, 0.717) is 38.1 Å². The van der Waals surface area contributed by atoms with Crippen molar-refractivity contribution < 1.29 is 14.6 Å². The highest BCUT2D eigenvalue weighted by Gasteiger charge is 2.41. The number of benzene rings is 1. The minimum atomic E-state index is -0.549. The largest absolute Gasteiger partial charge is 0.390 e. The number of urea groups is 1. The zero-order valence-electron chi connectivity index (χ0n) is 21.0. The van der Waals surface area contributed by atoms with Crippen molar-refractivity contribution in [3.8, 4) is 0 Å². The monoisotopic (exact) mass is 491 g/mol. The van der Waals surface area contributed by atoms with Crippen LogP contribution in [0.3, 0.4) is 0 Å². The van der Waals surface area contributed by atoms with Crippen LogP contribution in [0.4, 0.5) is 10.5 Å². The van der Waals surface area contributed by atoms with E-state index in [9.17, 15) is 9.90 Å². The van der Waals surface area contributed by atoms with Crippen LogP contribution in [0.1, 0.15) is 29.7 Å². The number of hydrogen-bond donors (Lipinski definition) is 1. The van der Waals surface area contributed by atoms with Gasteiger partial charge >= 0.3 is 6.03 Å². The minimum absolute atomic E-state index is 0.00652. The topological polar surface area (TPSA) is 72.4 Å². The van der Waals surface area contributed by atoms with Crippen molar-refractivity contribution >= 4 is 11.7 Å². The summed E-state index contributed by atoms with van der Waals surface area (Å²) in [4.78, 5) is 26.0. The second-order valence-electron chi connectivity index (χ2n) is 11.0. The summed E-state index contributed by atoms with van der Waals surface area (Å²) in [5.41, 5.74) is 5.24. The van der Waals surface area contributed by atoms with Gasteiger partial charge in [-0.2, -0.15) is 0 Å². The molecule has 5 heterocycles. The number of ether oxygens (including phenoxy) is 1. The summed E-state index contributed by atoms with van der Waals surface area (Å²) in [6, 6.07) is 12.7. The van der Waals surface area contributed by atoms with Gasteiger partial charge in [0.15, 0.2) is 0 Å². The van der Waals surface area contributed by atoms with E-state index in [1.807, 2.05) is 17.2 Å². The molecule has 3 saturated heterocycles. The number of β-amino-alcohol motifs (C(OH)–C–C–N with tert-alkyl or cyclic N) is 1. The van der Waals surface area contributed by atoms with Crippen LogP contribution in [0, 0.1) is 5.41 Å². The second-order valence-corrected chi connectivity index (χ2v) is 11.0. The first-order valence-electron chi connectivity index (χ1n) is 13.4. The van der Waals surface area contributed by atoms with Crippen molar-refractivity contribution in [2.24, 2.45) is 5.41 Å². The van der Waals surface area contributed by atoms with Gasteiger partial charge in [0.05, 0.1) is 43.4 Å². The number of anilines is 1. The number of pyridine rings is 1. The number of carbonyl (C=O) groups is 1. The Hall–Kier alpha value is -2.68. The highest BCUT2D eigenvalue weighted by Crippen LogP contribution is 2.39. The summed E-state index contributed by atoms with van der Waals surface area (Å²) < 4.78 is 5.44. The number of piperidine rings is 1. The molecule has 2 amide bonds. The summed E-state index contributed by atoms with van der Waals surface area (Å²) in [6.07, 6.45) is 4.78. The summed E-state index contributed by atoms with van der Waals surface area (Å²) in [7, 11) is 0. The Morgan fingerprint density at radius 1 is 0.944 bits per heavy atom. The molecule has 8 nitrogen and oxygen atoms in total. The lowest BCUT2D eigenvalue weighted by Crippen LogP contribution is -2.50. The van der Waals surface area contributed by atoms with Gasteiger partial charge in [-0.05, 0) is 42.5 Å². The zero-order chi connectivity index (χ0) is 24.5. The van der Waals surface area contributed by atoms with Crippen molar-refractivity contribution in [1.29, 1.82) is 0 Å². The number of aliphatic hydroxyl groups excluding tert-OH is 1. The second kappa shape index (κ2) is 10.00. The van der Waals surface area contributed by atoms with Gasteiger partial charge < -0.3 is 24.5 Å². The number of fused-ring (bicyclic) bond motifs is 1. The van der Waals surface area contributed by atoms with E-state index in [2.05, 4.69) is 45.1 Å². The molecule has 192 valence electrons. The van der Waals surface area contributed by atoms with E-state index >= 15 is 0 Å². The number of aromatic nitrogens is 1. The Kier molecular flexibility index (Phi) is 6.58. The molecule has 0 saturated carbocycles. The van der Waals surface area contributed by atoms with Gasteiger partial charge in [0.25, 0.3) is 0 Å². The fourth-order valence-electron chi connectivity index (χ4n) is 6.08. The summed E-state index contributed by atoms with van der Waals surface area (Å²) in [5, 5.41) is 10.7. The van der Waals surface area contributed by atoms with Gasteiger partial charge in [0, 0.05) is 57.8 Å². The van der Waals surface area contributed by atoms with Crippen LogP contribution in [-0.4, -0.2) is 96.0 Å². The van der Waals surface area contributed by atoms with Crippen LogP contribution in [0.2, 0.25) is 0 Å². The minimum Gasteiger partial charge on any atom is -0.390 e. The van der Waals surface area contributed by atoms with Crippen molar-refractivity contribution in [3.63, 3.8) is 0 Å². The van der Waals surface area contributed by atoms with Crippen molar-refractivity contribution in [2.45, 2.75) is 38.5 Å². The lowest BCUT2D eigenvalue weighted by molar-refractivity contribution is -0.124. The highest BCUT2D eigenvalue weighted by atomic mass is 16.5. The first kappa shape index (κ1) is 23.7. The fourth-order valence-corrected chi connectivity index (χ4v) is 6.08. The quantitative estimate of drug-likeness (QED) is 0.641. The summed E-state index contributed by atoms with van der Waals surface area (Å²) in [6.45, 7) is 8.54. The number of hydrogen-bond acceptors (Lipinski definition) is 6. The summed E-state index contributed by atoms with van der Waals surface area (Å²) in [5.74, 6) is 0. The smallest absolute Gasteiger partial charge is 0.320 e. The van der Waals surface area contributed by atoms with Gasteiger partial charge in [0.2, 0.25) is 0 Å². The number of nitrogens with zero attached hydrogens (tertiary/aromatic N) is 5. The SMILES string of the molecule is O=C1N(Cc2ccc(N3CCC4(CC3)COC4)cn2)CCN1CC(O)CN1CCc2ccccc2C1. The molecule has 1 aromatic carbocycles. The maximum absolute atomic E-state index is 13.0. The van der Waals surface area contributed by atoms with Crippen LogP contribution >= 0.6 is 0 Å². The van der Waals surface area contributed by atoms with Gasteiger partial charge in [-0.3, -0.25) is 9.88 Å². The van der Waals surface area contributed by atoms with Crippen LogP contribution in [-0.2, 0) is 24.2 Å². The molecule has 8 heteroatoms. The van der Waals surface area contributed by atoms with Gasteiger partial charge in [-0.15, -0.1) is 0 Å². The summed E-state index contributed by atoms with van der Waals surface area (Å²) >= 11 is 0. The molecular formula is C28H37N5O3. The molecule has 1 N–H and O–H groups in total. The molecule has 1 unspecified atom stereocenters. The lowest BCUT2D eigenvalue weighted by atomic mass is 9.77. The van der Waals surface area contributed by atoms with E-state index in [0.717, 1.165) is 57.2 Å². The Morgan fingerprint density at radius 3 is 2.44 bits per heavy atom. The third-order valence-electron chi connectivity index (χ3n) is 8.46. The molecule has 1 aromatic heterocycles. The average molecular weight is 492 g/mol. The standard InChI is InChI=1S/C28H37N5O3/c34-26(18-30-10-7-22-3-1-2-4-23(22)16-30)19-33-14-13-32(27(33)35)17-24-5-6-25(15-29-24)31-11-8-28(9-12-31)20-36-21-28/h1-6,15,26,34H,7-14,16-21H2. The van der Waals surface area contributed by atoms with E-state index < -0.39 is 6.10 Å². The molecule has 36 heavy (non-hydrogen) atoms.